The van der Waals surface area contributed by atoms with E-state index in [1.165, 1.54) is 0 Å². The summed E-state index contributed by atoms with van der Waals surface area (Å²) in [6.07, 6.45) is 5.60. The van der Waals surface area contributed by atoms with E-state index in [2.05, 4.69) is 45.9 Å². The molecule has 7 nitrogen and oxygen atoms in total. The Hall–Kier alpha value is -1.60. The molecule has 1 aliphatic rings. The van der Waals surface area contributed by atoms with Gasteiger partial charge in [0.05, 0.1) is 26.1 Å². The monoisotopic (exact) mass is 336 g/mol. The van der Waals surface area contributed by atoms with Gasteiger partial charge in [-0.3, -0.25) is 9.89 Å². The minimum absolute atomic E-state index is 0.456. The Morgan fingerprint density at radius 2 is 2.08 bits per heavy atom. The van der Waals surface area contributed by atoms with Gasteiger partial charge in [0.15, 0.2) is 5.96 Å². The molecular formula is C17H32N6O. The lowest BCUT2D eigenvalue weighted by molar-refractivity contribution is 0.00867. The summed E-state index contributed by atoms with van der Waals surface area (Å²) in [5.41, 5.74) is 0. The molecule has 1 aromatic rings. The second-order valence-corrected chi connectivity index (χ2v) is 6.41. The van der Waals surface area contributed by atoms with Gasteiger partial charge in [-0.15, -0.1) is 0 Å². The lowest BCUT2D eigenvalue weighted by atomic mass is 10.0. The maximum atomic E-state index is 5.47. The van der Waals surface area contributed by atoms with Crippen molar-refractivity contribution in [1.82, 2.24) is 25.1 Å². The summed E-state index contributed by atoms with van der Waals surface area (Å²) < 4.78 is 7.53. The first-order valence-electron chi connectivity index (χ1n) is 9.00. The SMILES string of the molecule is CCNC(=NCC(C(C)C)N1CCOCC1)NCCn1ccnc1. The number of hydrogen-bond donors (Lipinski definition) is 2. The third-order valence-corrected chi connectivity index (χ3v) is 4.29. The Labute approximate surface area is 145 Å². The van der Waals surface area contributed by atoms with Gasteiger partial charge >= 0.3 is 0 Å². The number of hydrogen-bond acceptors (Lipinski definition) is 4. The van der Waals surface area contributed by atoms with E-state index < -0.39 is 0 Å². The topological polar surface area (TPSA) is 66.7 Å². The van der Waals surface area contributed by atoms with Crippen molar-refractivity contribution in [2.45, 2.75) is 33.4 Å². The molecule has 1 saturated heterocycles. The molecule has 24 heavy (non-hydrogen) atoms. The molecule has 0 spiro atoms. The van der Waals surface area contributed by atoms with E-state index in [0.717, 1.165) is 58.4 Å². The number of nitrogens with one attached hydrogen (secondary N) is 2. The van der Waals surface area contributed by atoms with Crippen molar-refractivity contribution < 1.29 is 4.74 Å². The van der Waals surface area contributed by atoms with E-state index in [9.17, 15) is 0 Å². The first-order valence-corrected chi connectivity index (χ1v) is 9.00. The van der Waals surface area contributed by atoms with Crippen LogP contribution >= 0.6 is 0 Å². The molecule has 2 heterocycles. The van der Waals surface area contributed by atoms with E-state index >= 15 is 0 Å². The normalized spacial score (nSPS) is 17.9. The summed E-state index contributed by atoms with van der Waals surface area (Å²) in [4.78, 5) is 11.4. The molecule has 2 N–H and O–H groups in total. The molecule has 0 saturated carbocycles. The molecule has 1 aromatic heterocycles. The number of ether oxygens (including phenoxy) is 1. The van der Waals surface area contributed by atoms with Gasteiger partial charge in [-0.25, -0.2) is 4.98 Å². The molecule has 0 aromatic carbocycles. The minimum atomic E-state index is 0.456. The lowest BCUT2D eigenvalue weighted by Crippen LogP contribution is -2.48. The first kappa shape index (κ1) is 18.7. The number of nitrogens with zero attached hydrogens (tertiary/aromatic N) is 4. The molecule has 2 rings (SSSR count). The quantitative estimate of drug-likeness (QED) is 0.543. The minimum Gasteiger partial charge on any atom is -0.379 e. The Morgan fingerprint density at radius 3 is 2.71 bits per heavy atom. The zero-order valence-electron chi connectivity index (χ0n) is 15.2. The number of guanidine groups is 1. The smallest absolute Gasteiger partial charge is 0.191 e. The fourth-order valence-corrected chi connectivity index (χ4v) is 2.91. The zero-order chi connectivity index (χ0) is 17.2. The molecule has 0 aliphatic carbocycles. The van der Waals surface area contributed by atoms with Crippen LogP contribution in [0.25, 0.3) is 0 Å². The summed E-state index contributed by atoms with van der Waals surface area (Å²) in [6, 6.07) is 0.456. The van der Waals surface area contributed by atoms with Crippen LogP contribution in [0.3, 0.4) is 0 Å². The summed E-state index contributed by atoms with van der Waals surface area (Å²) in [5, 5.41) is 6.73. The number of aromatic nitrogens is 2. The van der Waals surface area contributed by atoms with E-state index in [-0.39, 0.29) is 0 Å². The van der Waals surface area contributed by atoms with Crippen LogP contribution in [0.1, 0.15) is 20.8 Å². The molecule has 7 heteroatoms. The van der Waals surface area contributed by atoms with Crippen molar-refractivity contribution >= 4 is 5.96 Å². The van der Waals surface area contributed by atoms with E-state index in [1.807, 2.05) is 12.5 Å². The second kappa shape index (κ2) is 10.3. The van der Waals surface area contributed by atoms with Crippen LogP contribution in [0, 0.1) is 5.92 Å². The van der Waals surface area contributed by atoms with Crippen LogP contribution in [0.15, 0.2) is 23.7 Å². The van der Waals surface area contributed by atoms with Gasteiger partial charge in [-0.2, -0.15) is 0 Å². The first-order chi connectivity index (χ1) is 11.7. The molecule has 136 valence electrons. The highest BCUT2D eigenvalue weighted by Crippen LogP contribution is 2.13. The highest BCUT2D eigenvalue weighted by Gasteiger charge is 2.23. The van der Waals surface area contributed by atoms with Gasteiger partial charge in [0.2, 0.25) is 0 Å². The average molecular weight is 336 g/mol. The van der Waals surface area contributed by atoms with Crippen LogP contribution in [0.2, 0.25) is 0 Å². The highest BCUT2D eigenvalue weighted by atomic mass is 16.5. The summed E-state index contributed by atoms with van der Waals surface area (Å²) in [5.74, 6) is 1.46. The Kier molecular flexibility index (Phi) is 8.04. The van der Waals surface area contributed by atoms with Gasteiger partial charge < -0.3 is 19.9 Å². The number of aliphatic imine (C=N–C) groups is 1. The predicted octanol–water partition coefficient (Wildman–Crippen LogP) is 0.795. The van der Waals surface area contributed by atoms with E-state index in [1.54, 1.807) is 6.20 Å². The van der Waals surface area contributed by atoms with Crippen molar-refractivity contribution in [2.24, 2.45) is 10.9 Å². The Bertz CT molecular complexity index is 467. The van der Waals surface area contributed by atoms with E-state index in [4.69, 9.17) is 9.73 Å². The summed E-state index contributed by atoms with van der Waals surface area (Å²) in [7, 11) is 0. The van der Waals surface area contributed by atoms with Crippen LogP contribution < -0.4 is 10.6 Å². The predicted molar refractivity (Wildman–Crippen MR) is 97.2 cm³/mol. The summed E-state index contributed by atoms with van der Waals surface area (Å²) >= 11 is 0. The van der Waals surface area contributed by atoms with Crippen molar-refractivity contribution in [3.63, 3.8) is 0 Å². The molecule has 1 fully saturated rings. The number of morpholine rings is 1. The summed E-state index contributed by atoms with van der Waals surface area (Å²) in [6.45, 7) is 13.7. The molecule has 1 atom stereocenters. The van der Waals surface area contributed by atoms with Crippen LogP contribution in [0.4, 0.5) is 0 Å². The molecular weight excluding hydrogens is 304 g/mol. The molecule has 1 unspecified atom stereocenters. The van der Waals surface area contributed by atoms with Gasteiger partial charge in [0.25, 0.3) is 0 Å². The van der Waals surface area contributed by atoms with Gasteiger partial charge in [0, 0.05) is 51.2 Å². The van der Waals surface area contributed by atoms with Gasteiger partial charge in [-0.05, 0) is 12.8 Å². The largest absolute Gasteiger partial charge is 0.379 e. The maximum absolute atomic E-state index is 5.47. The van der Waals surface area contributed by atoms with Crippen LogP contribution in [-0.4, -0.2) is 72.4 Å². The third-order valence-electron chi connectivity index (χ3n) is 4.29. The molecule has 0 bridgehead atoms. The van der Waals surface area contributed by atoms with Crippen LogP contribution in [-0.2, 0) is 11.3 Å². The fraction of sp³-hybridized carbons (Fsp3) is 0.765. The van der Waals surface area contributed by atoms with Gasteiger partial charge in [-0.1, -0.05) is 13.8 Å². The standard InChI is InChI=1S/C17H32N6O/c1-4-19-17(20-6-8-22-7-5-18-14-22)21-13-16(15(2)3)23-9-11-24-12-10-23/h5,7,14-16H,4,6,8-13H2,1-3H3,(H2,19,20,21). The Balaban J connectivity index is 1.86. The number of imidazole rings is 1. The van der Waals surface area contributed by atoms with Crippen molar-refractivity contribution in [3.05, 3.63) is 18.7 Å². The average Bonchev–Trinajstić information content (AvgIpc) is 3.09. The molecule has 1 aliphatic heterocycles. The fourth-order valence-electron chi connectivity index (χ4n) is 2.91. The van der Waals surface area contributed by atoms with Gasteiger partial charge in [0.1, 0.15) is 0 Å². The third kappa shape index (κ3) is 6.13. The van der Waals surface area contributed by atoms with E-state index in [0.29, 0.717) is 12.0 Å². The molecule has 0 radical (unpaired) electrons. The second-order valence-electron chi connectivity index (χ2n) is 6.41. The maximum Gasteiger partial charge on any atom is 0.191 e. The van der Waals surface area contributed by atoms with Crippen molar-refractivity contribution in [1.29, 1.82) is 0 Å². The van der Waals surface area contributed by atoms with Crippen molar-refractivity contribution in [2.75, 3.05) is 45.9 Å². The lowest BCUT2D eigenvalue weighted by Gasteiger charge is -2.36. The van der Waals surface area contributed by atoms with Crippen molar-refractivity contribution in [3.8, 4) is 0 Å². The molecule has 0 amide bonds. The Morgan fingerprint density at radius 1 is 1.29 bits per heavy atom. The van der Waals surface area contributed by atoms with Crippen LogP contribution in [0.5, 0.6) is 0 Å². The zero-order valence-corrected chi connectivity index (χ0v) is 15.2. The highest BCUT2D eigenvalue weighted by molar-refractivity contribution is 5.79. The number of rotatable bonds is 8.